The van der Waals surface area contributed by atoms with Crippen molar-refractivity contribution in [2.45, 2.75) is 0 Å². The largest absolute Gasteiger partial charge is 0.529 e. The van der Waals surface area contributed by atoms with E-state index in [0.717, 1.165) is 11.3 Å². The van der Waals surface area contributed by atoms with Crippen molar-refractivity contribution in [1.29, 1.82) is 0 Å². The average molecular weight is 225 g/mol. The van der Waals surface area contributed by atoms with Crippen LogP contribution in [-0.2, 0) is 9.09 Å². The summed E-state index contributed by atoms with van der Waals surface area (Å²) < 4.78 is 19.9. The molecule has 0 saturated heterocycles. The van der Waals surface area contributed by atoms with E-state index in [1.165, 1.54) is 6.20 Å². The quantitative estimate of drug-likeness (QED) is 0.714. The van der Waals surface area contributed by atoms with Gasteiger partial charge < -0.3 is 9.63 Å². The highest BCUT2D eigenvalue weighted by molar-refractivity contribution is 7.48. The Balaban J connectivity index is 2.47. The number of thiazole rings is 1. The van der Waals surface area contributed by atoms with Crippen molar-refractivity contribution < 1.29 is 23.6 Å². The molecule has 0 aliphatic rings. The lowest BCUT2D eigenvalue weighted by Gasteiger charge is -2.08. The first-order valence-electron chi connectivity index (χ1n) is 3.31. The van der Waals surface area contributed by atoms with Crippen LogP contribution in [0.25, 0.3) is 0 Å². The molecule has 1 aromatic heterocycles. The van der Waals surface area contributed by atoms with Crippen molar-refractivity contribution in [2.75, 3.05) is 13.2 Å². The summed E-state index contributed by atoms with van der Waals surface area (Å²) in [4.78, 5) is 12.6. The lowest BCUT2D eigenvalue weighted by atomic mass is 10.8. The monoisotopic (exact) mass is 225 g/mol. The van der Waals surface area contributed by atoms with Gasteiger partial charge in [-0.3, -0.25) is 9.42 Å². The number of rotatable bonds is 5. The van der Waals surface area contributed by atoms with Crippen LogP contribution >= 0.6 is 19.2 Å². The third kappa shape index (κ3) is 3.84. The van der Waals surface area contributed by atoms with Crippen LogP contribution in [0.4, 0.5) is 0 Å². The molecule has 0 aliphatic heterocycles. The maximum atomic E-state index is 11.0. The Morgan fingerprint density at radius 3 is 3.00 bits per heavy atom. The molecule has 2 N–H and O–H groups in total. The first-order chi connectivity index (χ1) is 6.14. The van der Waals surface area contributed by atoms with E-state index < -0.39 is 7.82 Å². The SMILES string of the molecule is O=P(O)(OCCO)Oc1nccs1. The lowest BCUT2D eigenvalue weighted by Crippen LogP contribution is -2.01. The highest BCUT2D eigenvalue weighted by Gasteiger charge is 2.23. The molecule has 8 heteroatoms. The number of phosphoric ester groups is 1. The molecular weight excluding hydrogens is 217 g/mol. The second-order valence-electron chi connectivity index (χ2n) is 1.91. The molecular formula is C5H8NO5PS. The fourth-order valence-electron chi connectivity index (χ4n) is 0.537. The molecule has 0 aliphatic carbocycles. The van der Waals surface area contributed by atoms with E-state index in [4.69, 9.17) is 10.00 Å². The van der Waals surface area contributed by atoms with Crippen molar-refractivity contribution >= 4 is 19.2 Å². The number of hydrogen-bond donors (Lipinski definition) is 2. The number of hydrogen-bond acceptors (Lipinski definition) is 6. The third-order valence-electron chi connectivity index (χ3n) is 0.949. The fourth-order valence-corrected chi connectivity index (χ4v) is 1.96. The van der Waals surface area contributed by atoms with Crippen molar-refractivity contribution in [3.05, 3.63) is 11.6 Å². The summed E-state index contributed by atoms with van der Waals surface area (Å²) in [5.74, 6) is 0. The Kier molecular flexibility index (Phi) is 3.83. The second-order valence-corrected chi connectivity index (χ2v) is 4.15. The molecule has 0 bridgehead atoms. The van der Waals surface area contributed by atoms with E-state index in [9.17, 15) is 4.57 Å². The lowest BCUT2D eigenvalue weighted by molar-refractivity contribution is 0.155. The summed E-state index contributed by atoms with van der Waals surface area (Å²) in [7, 11) is -4.11. The van der Waals surface area contributed by atoms with Gasteiger partial charge in [-0.2, -0.15) is 0 Å². The number of aliphatic hydroxyl groups is 1. The molecule has 1 atom stereocenters. The molecule has 0 fully saturated rings. The van der Waals surface area contributed by atoms with E-state index >= 15 is 0 Å². The summed E-state index contributed by atoms with van der Waals surface area (Å²) in [5, 5.41) is 9.99. The Labute approximate surface area is 78.4 Å². The van der Waals surface area contributed by atoms with Crippen LogP contribution in [0.3, 0.4) is 0 Å². The predicted molar refractivity (Wildman–Crippen MR) is 45.6 cm³/mol. The molecule has 0 radical (unpaired) electrons. The molecule has 1 rings (SSSR count). The third-order valence-corrected chi connectivity index (χ3v) is 2.63. The summed E-state index contributed by atoms with van der Waals surface area (Å²) in [6, 6.07) is 0. The van der Waals surface area contributed by atoms with Crippen molar-refractivity contribution in [3.8, 4) is 5.19 Å². The van der Waals surface area contributed by atoms with Gasteiger partial charge >= 0.3 is 7.82 Å². The van der Waals surface area contributed by atoms with Gasteiger partial charge in [0, 0.05) is 11.6 Å². The number of phosphoric acid groups is 1. The molecule has 0 amide bonds. The number of aromatic nitrogens is 1. The van der Waals surface area contributed by atoms with Gasteiger partial charge in [0.05, 0.1) is 13.2 Å². The summed E-state index contributed by atoms with van der Waals surface area (Å²) in [6.07, 6.45) is 1.44. The predicted octanol–water partition coefficient (Wildman–Crippen LogP) is 0.631. The molecule has 13 heavy (non-hydrogen) atoms. The van der Waals surface area contributed by atoms with Crippen LogP contribution in [0, 0.1) is 0 Å². The fraction of sp³-hybridized carbons (Fsp3) is 0.400. The highest BCUT2D eigenvalue weighted by atomic mass is 32.1. The van der Waals surface area contributed by atoms with Crippen LogP contribution in [0.2, 0.25) is 0 Å². The smallest absolute Gasteiger partial charge is 0.394 e. The van der Waals surface area contributed by atoms with Crippen molar-refractivity contribution in [2.24, 2.45) is 0 Å². The van der Waals surface area contributed by atoms with Gasteiger partial charge in [0.25, 0.3) is 5.19 Å². The molecule has 1 heterocycles. The summed E-state index contributed by atoms with van der Waals surface area (Å²) >= 11 is 1.08. The normalized spacial score (nSPS) is 15.2. The van der Waals surface area contributed by atoms with Gasteiger partial charge in [-0.25, -0.2) is 9.55 Å². The van der Waals surface area contributed by atoms with Gasteiger partial charge in [0.2, 0.25) is 0 Å². The van der Waals surface area contributed by atoms with Crippen LogP contribution in [0.15, 0.2) is 11.6 Å². The van der Waals surface area contributed by atoms with Crippen molar-refractivity contribution in [3.63, 3.8) is 0 Å². The molecule has 74 valence electrons. The van der Waals surface area contributed by atoms with E-state index in [-0.39, 0.29) is 18.4 Å². The van der Waals surface area contributed by atoms with Crippen LogP contribution in [0.5, 0.6) is 5.19 Å². The van der Waals surface area contributed by atoms with E-state index in [1.54, 1.807) is 5.38 Å². The zero-order valence-electron chi connectivity index (χ0n) is 6.49. The Morgan fingerprint density at radius 1 is 1.69 bits per heavy atom. The molecule has 6 nitrogen and oxygen atoms in total. The first kappa shape index (κ1) is 10.6. The number of nitrogens with zero attached hydrogens (tertiary/aromatic N) is 1. The maximum Gasteiger partial charge on any atom is 0.529 e. The second kappa shape index (κ2) is 4.69. The highest BCUT2D eigenvalue weighted by Crippen LogP contribution is 2.43. The first-order valence-corrected chi connectivity index (χ1v) is 5.69. The standard InChI is InChI=1S/C5H8NO5PS/c7-2-3-10-12(8,9)11-5-6-1-4-13-5/h1,4,7H,2-3H2,(H,8,9). The van der Waals surface area contributed by atoms with Gasteiger partial charge in [-0.05, 0) is 0 Å². The van der Waals surface area contributed by atoms with Crippen LogP contribution in [0.1, 0.15) is 0 Å². The maximum absolute atomic E-state index is 11.0. The minimum absolute atomic E-state index is 0.0590. The van der Waals surface area contributed by atoms with Gasteiger partial charge in [0.15, 0.2) is 0 Å². The van der Waals surface area contributed by atoms with E-state index in [0.29, 0.717) is 0 Å². The van der Waals surface area contributed by atoms with Gasteiger partial charge in [0.1, 0.15) is 0 Å². The molecule has 1 unspecified atom stereocenters. The Hall–Kier alpha value is -0.460. The molecule has 0 saturated carbocycles. The van der Waals surface area contributed by atoms with Crippen molar-refractivity contribution in [1.82, 2.24) is 4.98 Å². The molecule has 0 spiro atoms. The Morgan fingerprint density at radius 2 is 2.46 bits per heavy atom. The average Bonchev–Trinajstić information content (AvgIpc) is 2.52. The Bertz CT molecular complexity index is 289. The van der Waals surface area contributed by atoms with E-state index in [2.05, 4.69) is 14.0 Å². The summed E-state index contributed by atoms with van der Waals surface area (Å²) in [5.41, 5.74) is 0. The number of aliphatic hydroxyl groups excluding tert-OH is 1. The zero-order chi connectivity index (χ0) is 9.73. The molecule has 1 aromatic rings. The van der Waals surface area contributed by atoms with Gasteiger partial charge in [-0.1, -0.05) is 11.3 Å². The summed E-state index contributed by atoms with van der Waals surface area (Å²) in [6.45, 7) is -0.592. The minimum atomic E-state index is -4.11. The van der Waals surface area contributed by atoms with Gasteiger partial charge in [-0.15, -0.1) is 0 Å². The zero-order valence-corrected chi connectivity index (χ0v) is 8.20. The molecule has 0 aromatic carbocycles. The topological polar surface area (TPSA) is 88.9 Å². The van der Waals surface area contributed by atoms with Crippen LogP contribution in [-0.4, -0.2) is 28.2 Å². The minimum Gasteiger partial charge on any atom is -0.394 e. The van der Waals surface area contributed by atoms with E-state index in [1.807, 2.05) is 0 Å². The van der Waals surface area contributed by atoms with Crippen LogP contribution < -0.4 is 4.52 Å².